The number of amides is 1. The minimum absolute atomic E-state index is 0.123. The Morgan fingerprint density at radius 3 is 2.00 bits per heavy atom. The van der Waals surface area contributed by atoms with Crippen molar-refractivity contribution in [2.45, 2.75) is 40.7 Å². The molecule has 0 fully saturated rings. The normalized spacial score (nSPS) is 11.1. The molecule has 0 radical (unpaired) electrons. The van der Waals surface area contributed by atoms with Gasteiger partial charge in [0.05, 0.1) is 13.2 Å². The molecule has 26 heavy (non-hydrogen) atoms. The summed E-state index contributed by atoms with van der Waals surface area (Å²) in [6.45, 7) is 8.94. The van der Waals surface area contributed by atoms with E-state index in [0.717, 1.165) is 23.0 Å². The predicted molar refractivity (Wildman–Crippen MR) is 98.5 cm³/mol. The zero-order chi connectivity index (χ0) is 19.7. The highest BCUT2D eigenvalue weighted by atomic mass is 16.6. The van der Waals surface area contributed by atoms with Crippen LogP contribution in [0.25, 0.3) is 0 Å². The van der Waals surface area contributed by atoms with Gasteiger partial charge in [0, 0.05) is 11.9 Å². The Bertz CT molecular complexity index is 657. The number of para-hydroxylation sites is 1. The fourth-order valence-corrected chi connectivity index (χ4v) is 2.15. The van der Waals surface area contributed by atoms with Crippen molar-refractivity contribution in [2.75, 3.05) is 18.5 Å². The molecule has 0 aliphatic carbocycles. The first-order valence-electron chi connectivity index (χ1n) is 8.49. The van der Waals surface area contributed by atoms with Gasteiger partial charge < -0.3 is 20.1 Å². The van der Waals surface area contributed by atoms with Gasteiger partial charge in [-0.25, -0.2) is 9.59 Å². The van der Waals surface area contributed by atoms with Crippen molar-refractivity contribution in [3.05, 3.63) is 41.1 Å². The SMILES string of the molecule is CCOC(=O)C(=CNC(C)C(=O)Nc1c(C)cccc1C)C(=O)OCC. The first-order chi connectivity index (χ1) is 12.3. The number of hydrogen-bond donors (Lipinski definition) is 2. The highest BCUT2D eigenvalue weighted by Crippen LogP contribution is 2.19. The largest absolute Gasteiger partial charge is 0.462 e. The minimum Gasteiger partial charge on any atom is -0.462 e. The van der Waals surface area contributed by atoms with Crippen LogP contribution in [-0.4, -0.2) is 37.1 Å². The molecule has 0 spiro atoms. The Balaban J connectivity index is 2.86. The van der Waals surface area contributed by atoms with Gasteiger partial charge in [0.2, 0.25) is 5.91 Å². The van der Waals surface area contributed by atoms with E-state index in [1.807, 2.05) is 32.0 Å². The molecule has 2 N–H and O–H groups in total. The number of anilines is 1. The lowest BCUT2D eigenvalue weighted by molar-refractivity contribution is -0.146. The first-order valence-corrected chi connectivity index (χ1v) is 8.49. The van der Waals surface area contributed by atoms with E-state index in [1.165, 1.54) is 0 Å². The topological polar surface area (TPSA) is 93.7 Å². The summed E-state index contributed by atoms with van der Waals surface area (Å²) >= 11 is 0. The number of carbonyl (C=O) groups is 3. The molecule has 142 valence electrons. The Labute approximate surface area is 153 Å². The third-order valence-electron chi connectivity index (χ3n) is 3.59. The van der Waals surface area contributed by atoms with Gasteiger partial charge in [0.25, 0.3) is 0 Å². The maximum atomic E-state index is 12.4. The molecule has 0 aromatic heterocycles. The first kappa shape index (κ1) is 21.2. The van der Waals surface area contributed by atoms with E-state index in [2.05, 4.69) is 10.6 Å². The van der Waals surface area contributed by atoms with Crippen LogP contribution in [0.2, 0.25) is 0 Å². The summed E-state index contributed by atoms with van der Waals surface area (Å²) in [6.07, 6.45) is 1.16. The van der Waals surface area contributed by atoms with E-state index in [4.69, 9.17) is 9.47 Å². The summed E-state index contributed by atoms with van der Waals surface area (Å²) < 4.78 is 9.69. The maximum Gasteiger partial charge on any atom is 0.347 e. The quantitative estimate of drug-likeness (QED) is 0.319. The molecule has 1 aromatic carbocycles. The number of nitrogens with one attached hydrogen (secondary N) is 2. The van der Waals surface area contributed by atoms with Crippen molar-refractivity contribution in [3.8, 4) is 0 Å². The summed E-state index contributed by atoms with van der Waals surface area (Å²) in [5.41, 5.74) is 2.34. The molecular formula is C19H26N2O5. The van der Waals surface area contributed by atoms with Crippen LogP contribution in [0.15, 0.2) is 30.0 Å². The minimum atomic E-state index is -0.805. The fraction of sp³-hybridized carbons (Fsp3) is 0.421. The number of esters is 2. The summed E-state index contributed by atoms with van der Waals surface area (Å²) in [5.74, 6) is -1.91. The van der Waals surface area contributed by atoms with Crippen LogP contribution in [0, 0.1) is 13.8 Å². The smallest absolute Gasteiger partial charge is 0.347 e. The average Bonchev–Trinajstić information content (AvgIpc) is 2.58. The zero-order valence-corrected chi connectivity index (χ0v) is 15.8. The van der Waals surface area contributed by atoms with E-state index < -0.39 is 18.0 Å². The Morgan fingerprint density at radius 2 is 1.54 bits per heavy atom. The van der Waals surface area contributed by atoms with E-state index in [1.54, 1.807) is 20.8 Å². The molecule has 1 amide bonds. The molecule has 1 atom stereocenters. The predicted octanol–water partition coefficient (Wildman–Crippen LogP) is 2.23. The van der Waals surface area contributed by atoms with Crippen molar-refractivity contribution in [3.63, 3.8) is 0 Å². The number of carbonyl (C=O) groups excluding carboxylic acids is 3. The van der Waals surface area contributed by atoms with Crippen molar-refractivity contribution < 1.29 is 23.9 Å². The molecular weight excluding hydrogens is 336 g/mol. The molecule has 0 heterocycles. The summed E-state index contributed by atoms with van der Waals surface area (Å²) in [7, 11) is 0. The lowest BCUT2D eigenvalue weighted by Crippen LogP contribution is -2.36. The van der Waals surface area contributed by atoms with Crippen molar-refractivity contribution in [1.29, 1.82) is 0 Å². The number of rotatable bonds is 8. The summed E-state index contributed by atoms with van der Waals surface area (Å²) in [5, 5.41) is 5.59. The number of benzene rings is 1. The van der Waals surface area contributed by atoms with Crippen LogP contribution in [0.3, 0.4) is 0 Å². The molecule has 0 bridgehead atoms. The van der Waals surface area contributed by atoms with Crippen molar-refractivity contribution in [2.24, 2.45) is 0 Å². The lowest BCUT2D eigenvalue weighted by atomic mass is 10.1. The molecule has 0 saturated carbocycles. The van der Waals surface area contributed by atoms with Crippen LogP contribution in [0.5, 0.6) is 0 Å². The zero-order valence-electron chi connectivity index (χ0n) is 15.8. The van der Waals surface area contributed by atoms with Crippen LogP contribution in [0.1, 0.15) is 31.9 Å². The van der Waals surface area contributed by atoms with E-state index in [0.29, 0.717) is 0 Å². The third-order valence-corrected chi connectivity index (χ3v) is 3.59. The van der Waals surface area contributed by atoms with Crippen molar-refractivity contribution >= 4 is 23.5 Å². The second kappa shape index (κ2) is 10.2. The number of hydrogen-bond acceptors (Lipinski definition) is 6. The summed E-state index contributed by atoms with van der Waals surface area (Å²) in [4.78, 5) is 36.2. The standard InChI is InChI=1S/C19H26N2O5/c1-6-25-18(23)15(19(24)26-7-2)11-20-14(5)17(22)21-16-12(3)9-8-10-13(16)4/h8-11,14,20H,6-7H2,1-5H3,(H,21,22). The highest BCUT2D eigenvalue weighted by Gasteiger charge is 2.22. The van der Waals surface area contributed by atoms with E-state index in [-0.39, 0.29) is 24.7 Å². The third kappa shape index (κ3) is 5.91. The van der Waals surface area contributed by atoms with Gasteiger partial charge in [-0.15, -0.1) is 0 Å². The molecule has 0 aliphatic rings. The van der Waals surface area contributed by atoms with Gasteiger partial charge in [0.1, 0.15) is 6.04 Å². The van der Waals surface area contributed by atoms with Crippen LogP contribution in [0.4, 0.5) is 5.69 Å². The van der Waals surface area contributed by atoms with Gasteiger partial charge in [-0.2, -0.15) is 0 Å². The van der Waals surface area contributed by atoms with Gasteiger partial charge in [-0.05, 0) is 45.7 Å². The van der Waals surface area contributed by atoms with Crippen molar-refractivity contribution in [1.82, 2.24) is 5.32 Å². The highest BCUT2D eigenvalue weighted by molar-refractivity contribution is 6.14. The van der Waals surface area contributed by atoms with Gasteiger partial charge in [-0.1, -0.05) is 18.2 Å². The Hall–Kier alpha value is -2.83. The van der Waals surface area contributed by atoms with Crippen LogP contribution in [-0.2, 0) is 23.9 Å². The molecule has 0 saturated heterocycles. The number of ether oxygens (including phenoxy) is 2. The lowest BCUT2D eigenvalue weighted by Gasteiger charge is -2.16. The van der Waals surface area contributed by atoms with E-state index in [9.17, 15) is 14.4 Å². The van der Waals surface area contributed by atoms with Gasteiger partial charge in [-0.3, -0.25) is 4.79 Å². The van der Waals surface area contributed by atoms with Crippen LogP contribution < -0.4 is 10.6 Å². The summed E-state index contributed by atoms with van der Waals surface area (Å²) in [6, 6.07) is 5.03. The molecule has 1 rings (SSSR count). The second-order valence-electron chi connectivity index (χ2n) is 5.64. The van der Waals surface area contributed by atoms with E-state index >= 15 is 0 Å². The van der Waals surface area contributed by atoms with Gasteiger partial charge >= 0.3 is 11.9 Å². The van der Waals surface area contributed by atoms with Gasteiger partial charge in [0.15, 0.2) is 5.57 Å². The molecule has 1 aromatic rings. The number of aryl methyl sites for hydroxylation is 2. The second-order valence-corrected chi connectivity index (χ2v) is 5.64. The fourth-order valence-electron chi connectivity index (χ4n) is 2.15. The Morgan fingerprint density at radius 1 is 1.04 bits per heavy atom. The molecule has 0 aliphatic heterocycles. The molecule has 7 nitrogen and oxygen atoms in total. The monoisotopic (exact) mass is 362 g/mol. The Kier molecular flexibility index (Phi) is 8.34. The maximum absolute atomic E-state index is 12.4. The molecule has 7 heteroatoms. The molecule has 1 unspecified atom stereocenters. The average molecular weight is 362 g/mol. The van der Waals surface area contributed by atoms with Crippen LogP contribution >= 0.6 is 0 Å².